The highest BCUT2D eigenvalue weighted by molar-refractivity contribution is 7.09. The summed E-state index contributed by atoms with van der Waals surface area (Å²) in [5.41, 5.74) is 6.19. The van der Waals surface area contributed by atoms with Crippen molar-refractivity contribution in [1.82, 2.24) is 24.8 Å². The van der Waals surface area contributed by atoms with E-state index in [0.717, 1.165) is 40.2 Å². The van der Waals surface area contributed by atoms with Crippen molar-refractivity contribution in [3.05, 3.63) is 160 Å². The largest absolute Gasteiger partial charge is 0.380 e. The van der Waals surface area contributed by atoms with Crippen LogP contribution in [0.2, 0.25) is 0 Å². The van der Waals surface area contributed by atoms with Crippen molar-refractivity contribution in [2.75, 3.05) is 31.5 Å². The van der Waals surface area contributed by atoms with E-state index in [0.29, 0.717) is 38.3 Å². The SMILES string of the molecule is O=C(c1cccc(Cn2cc(-c3cccc(NCc4cccs4)c3)nn2)c1)N1CCN(C(c2ccc(F)cc2)c2ccc(F)cc2)CC1. The number of carbonyl (C=O) groups is 1. The monoisotopic (exact) mass is 660 g/mol. The summed E-state index contributed by atoms with van der Waals surface area (Å²) in [6.07, 6.45) is 1.92. The van der Waals surface area contributed by atoms with Gasteiger partial charge in [-0.05, 0) is 76.7 Å². The molecule has 0 radical (unpaired) electrons. The maximum atomic E-state index is 13.7. The van der Waals surface area contributed by atoms with E-state index < -0.39 is 0 Å². The first-order valence-electron chi connectivity index (χ1n) is 15.9. The Balaban J connectivity index is 0.991. The van der Waals surface area contributed by atoms with Crippen molar-refractivity contribution < 1.29 is 13.6 Å². The first-order valence-corrected chi connectivity index (χ1v) is 16.8. The fourth-order valence-corrected chi connectivity index (χ4v) is 6.80. The van der Waals surface area contributed by atoms with Crippen LogP contribution in [0.3, 0.4) is 0 Å². The lowest BCUT2D eigenvalue weighted by Crippen LogP contribution is -2.49. The zero-order chi connectivity index (χ0) is 32.9. The summed E-state index contributed by atoms with van der Waals surface area (Å²) in [6.45, 7) is 3.57. The molecule has 6 aromatic rings. The molecule has 1 amide bonds. The van der Waals surface area contributed by atoms with Crippen LogP contribution in [0.4, 0.5) is 14.5 Å². The quantitative estimate of drug-likeness (QED) is 0.165. The Morgan fingerprint density at radius 2 is 1.52 bits per heavy atom. The second kappa shape index (κ2) is 14.3. The summed E-state index contributed by atoms with van der Waals surface area (Å²) in [5.74, 6) is -0.633. The molecule has 0 aliphatic carbocycles. The number of halogens is 2. The van der Waals surface area contributed by atoms with Crippen LogP contribution in [0.1, 0.15) is 38.0 Å². The number of thiophene rings is 1. The minimum Gasteiger partial charge on any atom is -0.380 e. The molecule has 0 saturated carbocycles. The average molecular weight is 661 g/mol. The number of rotatable bonds is 10. The molecule has 0 spiro atoms. The highest BCUT2D eigenvalue weighted by atomic mass is 32.1. The number of hydrogen-bond acceptors (Lipinski definition) is 6. The van der Waals surface area contributed by atoms with E-state index in [1.807, 2.05) is 53.6 Å². The fraction of sp³-hybridized carbons (Fsp3) is 0.184. The Morgan fingerprint density at radius 1 is 0.812 bits per heavy atom. The third-order valence-corrected chi connectivity index (χ3v) is 9.48. The maximum Gasteiger partial charge on any atom is 0.253 e. The van der Waals surface area contributed by atoms with Gasteiger partial charge in [0.1, 0.15) is 17.3 Å². The topological polar surface area (TPSA) is 66.3 Å². The first-order chi connectivity index (χ1) is 23.5. The number of nitrogens with zero attached hydrogens (tertiary/aromatic N) is 5. The van der Waals surface area contributed by atoms with Crippen molar-refractivity contribution in [3.8, 4) is 11.3 Å². The second-order valence-corrected chi connectivity index (χ2v) is 12.9. The molecule has 48 heavy (non-hydrogen) atoms. The number of anilines is 1. The van der Waals surface area contributed by atoms with Gasteiger partial charge in [0.25, 0.3) is 5.91 Å². The lowest BCUT2D eigenvalue weighted by Gasteiger charge is -2.40. The van der Waals surface area contributed by atoms with E-state index in [9.17, 15) is 13.6 Å². The predicted octanol–water partition coefficient (Wildman–Crippen LogP) is 7.49. The molecule has 1 fully saturated rings. The lowest BCUT2D eigenvalue weighted by atomic mass is 9.96. The summed E-state index contributed by atoms with van der Waals surface area (Å²) in [7, 11) is 0. The van der Waals surface area contributed by atoms with Gasteiger partial charge in [0.05, 0.1) is 18.8 Å². The van der Waals surface area contributed by atoms with Crippen molar-refractivity contribution in [1.29, 1.82) is 0 Å². The maximum absolute atomic E-state index is 13.7. The standard InChI is InChI=1S/C38H34F2N6OS/c39-32-13-9-28(10-14-32)37(29-11-15-33(40)16-12-29)44-17-19-45(20-18-44)38(47)31-6-1-4-27(22-31)25-46-26-36(42-43-46)30-5-2-7-34(23-30)41-24-35-8-3-21-48-35/h1-16,21-23,26,37,41H,17-20,24-25H2. The minimum absolute atomic E-state index is 0.0252. The van der Waals surface area contributed by atoms with Crippen molar-refractivity contribution in [3.63, 3.8) is 0 Å². The molecule has 2 aromatic heterocycles. The molecular formula is C38H34F2N6OS. The van der Waals surface area contributed by atoms with E-state index in [-0.39, 0.29) is 23.6 Å². The van der Waals surface area contributed by atoms with Crippen LogP contribution in [-0.2, 0) is 13.1 Å². The van der Waals surface area contributed by atoms with Gasteiger partial charge in [0.2, 0.25) is 0 Å². The molecule has 7 rings (SSSR count). The summed E-state index contributed by atoms with van der Waals surface area (Å²) in [4.78, 5) is 19.0. The third kappa shape index (κ3) is 7.35. The summed E-state index contributed by atoms with van der Waals surface area (Å²) >= 11 is 1.72. The van der Waals surface area contributed by atoms with Crippen LogP contribution >= 0.6 is 11.3 Å². The van der Waals surface area contributed by atoms with Gasteiger partial charge in [-0.3, -0.25) is 9.69 Å². The molecule has 4 aromatic carbocycles. The van der Waals surface area contributed by atoms with Gasteiger partial charge < -0.3 is 10.2 Å². The number of amides is 1. The van der Waals surface area contributed by atoms with Crippen molar-refractivity contribution in [2.45, 2.75) is 19.1 Å². The summed E-state index contributed by atoms with van der Waals surface area (Å²) in [5, 5.41) is 14.3. The number of benzene rings is 4. The Bertz CT molecular complexity index is 1920. The molecule has 10 heteroatoms. The van der Waals surface area contributed by atoms with Gasteiger partial charge in [-0.15, -0.1) is 16.4 Å². The first kappa shape index (κ1) is 31.4. The van der Waals surface area contributed by atoms with Crippen LogP contribution in [-0.4, -0.2) is 56.9 Å². The Morgan fingerprint density at radius 3 is 2.21 bits per heavy atom. The van der Waals surface area contributed by atoms with Crippen LogP contribution in [0.15, 0.2) is 121 Å². The highest BCUT2D eigenvalue weighted by Crippen LogP contribution is 2.30. The fourth-order valence-electron chi connectivity index (χ4n) is 6.16. The highest BCUT2D eigenvalue weighted by Gasteiger charge is 2.29. The van der Waals surface area contributed by atoms with E-state index in [4.69, 9.17) is 0 Å². The van der Waals surface area contributed by atoms with Gasteiger partial charge in [0, 0.05) is 54.4 Å². The van der Waals surface area contributed by atoms with Gasteiger partial charge in [-0.25, -0.2) is 13.5 Å². The van der Waals surface area contributed by atoms with E-state index in [1.54, 1.807) is 40.3 Å². The lowest BCUT2D eigenvalue weighted by molar-refractivity contribution is 0.0597. The minimum atomic E-state index is -0.304. The second-order valence-electron chi connectivity index (χ2n) is 11.8. The third-order valence-electron chi connectivity index (χ3n) is 8.60. The zero-order valence-corrected chi connectivity index (χ0v) is 27.0. The Kier molecular flexibility index (Phi) is 9.35. The van der Waals surface area contributed by atoms with E-state index in [2.05, 4.69) is 44.1 Å². The van der Waals surface area contributed by atoms with E-state index in [1.165, 1.54) is 29.1 Å². The zero-order valence-electron chi connectivity index (χ0n) is 26.2. The molecule has 1 saturated heterocycles. The van der Waals surface area contributed by atoms with Crippen LogP contribution in [0.5, 0.6) is 0 Å². The predicted molar refractivity (Wildman–Crippen MR) is 185 cm³/mol. The van der Waals surface area contributed by atoms with E-state index >= 15 is 0 Å². The molecule has 0 atom stereocenters. The Hall–Kier alpha value is -5.19. The molecule has 1 aliphatic heterocycles. The average Bonchev–Trinajstić information content (AvgIpc) is 3.82. The van der Waals surface area contributed by atoms with Gasteiger partial charge >= 0.3 is 0 Å². The molecule has 7 nitrogen and oxygen atoms in total. The van der Waals surface area contributed by atoms with Crippen LogP contribution in [0.25, 0.3) is 11.3 Å². The number of carbonyl (C=O) groups excluding carboxylic acids is 1. The number of hydrogen-bond donors (Lipinski definition) is 1. The molecule has 1 N–H and O–H groups in total. The molecule has 1 aliphatic rings. The summed E-state index contributed by atoms with van der Waals surface area (Å²) < 4.78 is 29.2. The molecule has 0 bridgehead atoms. The van der Waals surface area contributed by atoms with Gasteiger partial charge in [-0.2, -0.15) is 0 Å². The van der Waals surface area contributed by atoms with Crippen LogP contribution in [0, 0.1) is 11.6 Å². The number of aromatic nitrogens is 3. The number of piperazine rings is 1. The molecule has 242 valence electrons. The van der Waals surface area contributed by atoms with Gasteiger partial charge in [0.15, 0.2) is 0 Å². The van der Waals surface area contributed by atoms with Crippen molar-refractivity contribution >= 4 is 22.9 Å². The molecular weight excluding hydrogens is 627 g/mol. The summed E-state index contributed by atoms with van der Waals surface area (Å²) in [6, 6.07) is 32.6. The van der Waals surface area contributed by atoms with Crippen LogP contribution < -0.4 is 5.32 Å². The Labute approximate surface area is 282 Å². The smallest absolute Gasteiger partial charge is 0.253 e. The number of nitrogens with one attached hydrogen (secondary N) is 1. The molecule has 3 heterocycles. The molecule has 0 unspecified atom stereocenters. The van der Waals surface area contributed by atoms with Crippen molar-refractivity contribution in [2.24, 2.45) is 0 Å². The normalized spacial score (nSPS) is 13.6. The van der Waals surface area contributed by atoms with Gasteiger partial charge in [-0.1, -0.05) is 59.8 Å².